The van der Waals surface area contributed by atoms with E-state index >= 15 is 0 Å². The Labute approximate surface area is 146 Å². The van der Waals surface area contributed by atoms with Gasteiger partial charge in [0, 0.05) is 37.5 Å². The molecule has 0 radical (unpaired) electrons. The van der Waals surface area contributed by atoms with Crippen LogP contribution in [0.1, 0.15) is 27.7 Å². The minimum Gasteiger partial charge on any atom is -0.453 e. The summed E-state index contributed by atoms with van der Waals surface area (Å²) in [5.74, 6) is 1.26. The van der Waals surface area contributed by atoms with Gasteiger partial charge in [0.1, 0.15) is 9.52 Å². The molecule has 6 heteroatoms. The zero-order valence-corrected chi connectivity index (χ0v) is 14.8. The van der Waals surface area contributed by atoms with Crippen molar-refractivity contribution in [1.82, 2.24) is 0 Å². The lowest BCUT2D eigenvalue weighted by atomic mass is 9.84. The fourth-order valence-electron chi connectivity index (χ4n) is 3.40. The van der Waals surface area contributed by atoms with Crippen molar-refractivity contribution in [1.29, 1.82) is 0 Å². The molecular formula is C19H21N3O3+2. The van der Waals surface area contributed by atoms with Gasteiger partial charge in [-0.25, -0.2) is 4.90 Å². The lowest BCUT2D eigenvalue weighted by Crippen LogP contribution is -2.48. The van der Waals surface area contributed by atoms with Crippen molar-refractivity contribution in [3.05, 3.63) is 58.3 Å². The minimum absolute atomic E-state index is 0.630. The number of nitroso groups, excluding NO2 is 2. The van der Waals surface area contributed by atoms with E-state index in [0.29, 0.717) is 22.9 Å². The summed E-state index contributed by atoms with van der Waals surface area (Å²) >= 11 is 0. The van der Waals surface area contributed by atoms with Gasteiger partial charge in [-0.15, -0.1) is 0 Å². The summed E-state index contributed by atoms with van der Waals surface area (Å²) in [7, 11) is 0. The van der Waals surface area contributed by atoms with E-state index in [4.69, 9.17) is 4.74 Å². The Bertz CT molecular complexity index is 833. The van der Waals surface area contributed by atoms with E-state index in [9.17, 15) is 9.81 Å². The Hall–Kier alpha value is -2.76. The smallest absolute Gasteiger partial charge is 0.453 e. The van der Waals surface area contributed by atoms with Gasteiger partial charge in [0.15, 0.2) is 11.5 Å². The topological polar surface area (TPSA) is 52.6 Å². The van der Waals surface area contributed by atoms with E-state index in [0.717, 1.165) is 9.52 Å². The van der Waals surface area contributed by atoms with E-state index in [1.54, 1.807) is 4.90 Å². The number of benzene rings is 2. The SMILES string of the molecule is CC1(C)[N+](=O)C(N2c3ccccc3Oc3ccccc32)[N+](=O)C1(C)C. The molecule has 2 aliphatic rings. The third-order valence-corrected chi connectivity index (χ3v) is 5.72. The molecule has 0 N–H and O–H groups in total. The average molecular weight is 339 g/mol. The molecule has 128 valence electrons. The van der Waals surface area contributed by atoms with E-state index < -0.39 is 17.4 Å². The summed E-state index contributed by atoms with van der Waals surface area (Å²) in [4.78, 5) is 28.1. The molecule has 0 unspecified atom stereocenters. The molecule has 0 atom stereocenters. The zero-order chi connectivity index (χ0) is 18.0. The largest absolute Gasteiger partial charge is 0.522 e. The molecular weight excluding hydrogens is 318 g/mol. The fourth-order valence-corrected chi connectivity index (χ4v) is 3.40. The van der Waals surface area contributed by atoms with Gasteiger partial charge in [0.2, 0.25) is 0 Å². The molecule has 6 nitrogen and oxygen atoms in total. The van der Waals surface area contributed by atoms with Crippen molar-refractivity contribution in [3.8, 4) is 11.5 Å². The highest BCUT2D eigenvalue weighted by Crippen LogP contribution is 2.50. The maximum atomic E-state index is 13.2. The van der Waals surface area contributed by atoms with Gasteiger partial charge in [-0.3, -0.25) is 0 Å². The molecule has 0 saturated carbocycles. The van der Waals surface area contributed by atoms with Crippen molar-refractivity contribution in [3.63, 3.8) is 0 Å². The van der Waals surface area contributed by atoms with Gasteiger partial charge in [-0.1, -0.05) is 24.3 Å². The summed E-state index contributed by atoms with van der Waals surface area (Å²) in [6, 6.07) is 14.9. The minimum atomic E-state index is -1.00. The van der Waals surface area contributed by atoms with Gasteiger partial charge in [0.25, 0.3) is 11.1 Å². The molecule has 4 rings (SSSR count). The Kier molecular flexibility index (Phi) is 3.07. The molecule has 25 heavy (non-hydrogen) atoms. The van der Waals surface area contributed by atoms with Crippen LogP contribution in [0.25, 0.3) is 0 Å². The number of fused-ring (bicyclic) bond motifs is 2. The lowest BCUT2D eigenvalue weighted by Gasteiger charge is -2.29. The average Bonchev–Trinajstić information content (AvgIpc) is 2.71. The van der Waals surface area contributed by atoms with Crippen molar-refractivity contribution in [2.45, 2.75) is 45.1 Å². The Balaban J connectivity index is 1.95. The molecule has 0 spiro atoms. The number of hydrogen-bond donors (Lipinski definition) is 0. The highest BCUT2D eigenvalue weighted by atomic mass is 16.5. The first-order chi connectivity index (χ1) is 11.8. The predicted molar refractivity (Wildman–Crippen MR) is 94.3 cm³/mol. The van der Waals surface area contributed by atoms with Crippen LogP contribution in [0.4, 0.5) is 11.4 Å². The van der Waals surface area contributed by atoms with E-state index in [-0.39, 0.29) is 0 Å². The van der Waals surface area contributed by atoms with Crippen LogP contribution in [0.15, 0.2) is 48.5 Å². The van der Waals surface area contributed by atoms with Crippen LogP contribution in [-0.4, -0.2) is 26.9 Å². The van der Waals surface area contributed by atoms with Gasteiger partial charge in [-0.2, -0.15) is 0 Å². The molecule has 2 aliphatic heterocycles. The molecule has 0 aromatic heterocycles. The molecule has 0 bridgehead atoms. The molecule has 1 fully saturated rings. The first-order valence-electron chi connectivity index (χ1n) is 8.35. The highest BCUT2D eigenvalue weighted by molar-refractivity contribution is 5.77. The van der Waals surface area contributed by atoms with E-state index in [1.165, 1.54) is 0 Å². The normalized spacial score (nSPS) is 20.9. The van der Waals surface area contributed by atoms with Crippen molar-refractivity contribution in [2.24, 2.45) is 0 Å². The fraction of sp³-hybridized carbons (Fsp3) is 0.368. The maximum Gasteiger partial charge on any atom is 0.522 e. The van der Waals surface area contributed by atoms with Crippen LogP contribution in [-0.2, 0) is 0 Å². The number of anilines is 2. The standard InChI is InChI=1S/C19H21N3O3/c1-18(2)19(3,4)22(24)17(21(18)23)20-13-9-5-7-11-15(13)25-16-12-8-6-10-14(16)20/h5-12,17H,1-4H3/q+2. The molecule has 2 aromatic carbocycles. The quantitative estimate of drug-likeness (QED) is 0.725. The van der Waals surface area contributed by atoms with Crippen LogP contribution in [0.5, 0.6) is 11.5 Å². The molecule has 0 amide bonds. The van der Waals surface area contributed by atoms with Gasteiger partial charge < -0.3 is 4.74 Å². The van der Waals surface area contributed by atoms with Crippen LogP contribution in [0.3, 0.4) is 0 Å². The Morgan fingerprint density at radius 3 is 1.64 bits per heavy atom. The second-order valence-corrected chi connectivity index (χ2v) is 7.52. The molecule has 2 heterocycles. The number of rotatable bonds is 1. The van der Waals surface area contributed by atoms with E-state index in [1.807, 2.05) is 76.2 Å². The number of nitrogens with zero attached hydrogens (tertiary/aromatic N) is 3. The second kappa shape index (κ2) is 4.88. The predicted octanol–water partition coefficient (Wildman–Crippen LogP) is 4.34. The Morgan fingerprint density at radius 1 is 0.800 bits per heavy atom. The molecule has 2 aromatic rings. The van der Waals surface area contributed by atoms with Crippen molar-refractivity contribution >= 4 is 11.4 Å². The van der Waals surface area contributed by atoms with Crippen LogP contribution < -0.4 is 9.64 Å². The zero-order valence-electron chi connectivity index (χ0n) is 14.8. The summed E-state index contributed by atoms with van der Waals surface area (Å²) in [6.45, 7) is 7.23. The van der Waals surface area contributed by atoms with E-state index in [2.05, 4.69) is 0 Å². The number of para-hydroxylation sites is 4. The first kappa shape index (κ1) is 15.7. The lowest BCUT2D eigenvalue weighted by molar-refractivity contribution is -0.751. The van der Waals surface area contributed by atoms with Gasteiger partial charge >= 0.3 is 6.29 Å². The van der Waals surface area contributed by atoms with Gasteiger partial charge in [0.05, 0.1) is 11.4 Å². The summed E-state index contributed by atoms with van der Waals surface area (Å²) in [5, 5.41) is 0. The number of hydrogen-bond acceptors (Lipinski definition) is 4. The summed E-state index contributed by atoms with van der Waals surface area (Å²) in [6.07, 6.45) is -1.00. The highest BCUT2D eigenvalue weighted by Gasteiger charge is 2.77. The van der Waals surface area contributed by atoms with Crippen LogP contribution in [0.2, 0.25) is 0 Å². The van der Waals surface area contributed by atoms with Gasteiger partial charge in [-0.05, 0) is 24.3 Å². The first-order valence-corrected chi connectivity index (χ1v) is 8.35. The third kappa shape index (κ3) is 1.91. The summed E-state index contributed by atoms with van der Waals surface area (Å²) < 4.78 is 7.76. The van der Waals surface area contributed by atoms with Crippen molar-refractivity contribution < 1.29 is 14.3 Å². The monoisotopic (exact) mass is 339 g/mol. The molecule has 1 saturated heterocycles. The number of ether oxygens (including phenoxy) is 1. The van der Waals surface area contributed by atoms with Crippen LogP contribution in [0, 0.1) is 9.81 Å². The maximum absolute atomic E-state index is 13.2. The van der Waals surface area contributed by atoms with Crippen LogP contribution >= 0.6 is 0 Å². The third-order valence-electron chi connectivity index (χ3n) is 5.72. The summed E-state index contributed by atoms with van der Waals surface area (Å²) in [5.41, 5.74) is -0.272. The molecule has 0 aliphatic carbocycles. The Morgan fingerprint density at radius 2 is 1.20 bits per heavy atom. The van der Waals surface area contributed by atoms with Crippen molar-refractivity contribution in [2.75, 3.05) is 4.90 Å². The second-order valence-electron chi connectivity index (χ2n) is 7.52.